The first-order valence-electron chi connectivity index (χ1n) is 8.26. The fourth-order valence-corrected chi connectivity index (χ4v) is 3.07. The number of rotatable bonds is 1. The second-order valence-electron chi connectivity index (χ2n) is 7.16. The average Bonchev–Trinajstić information content (AvgIpc) is 3.02. The van der Waals surface area contributed by atoms with Gasteiger partial charge in [-0.05, 0) is 62.6 Å². The fraction of sp³-hybridized carbons (Fsp3) is 0.368. The van der Waals surface area contributed by atoms with Crippen LogP contribution in [-0.2, 0) is 17.7 Å². The molecule has 0 fully saturated rings. The first kappa shape index (κ1) is 16.9. The van der Waals surface area contributed by atoms with Gasteiger partial charge in [-0.15, -0.1) is 0 Å². The van der Waals surface area contributed by atoms with Crippen LogP contribution in [0.25, 0.3) is 5.69 Å². The van der Waals surface area contributed by atoms with Gasteiger partial charge in [-0.3, -0.25) is 0 Å². The van der Waals surface area contributed by atoms with Crippen LogP contribution in [0.15, 0.2) is 30.5 Å². The van der Waals surface area contributed by atoms with Crippen LogP contribution in [0, 0.1) is 11.3 Å². The second-order valence-corrected chi connectivity index (χ2v) is 7.16. The minimum Gasteiger partial charge on any atom is -0.444 e. The van der Waals surface area contributed by atoms with Crippen molar-refractivity contribution in [3.05, 3.63) is 47.3 Å². The summed E-state index contributed by atoms with van der Waals surface area (Å²) in [5, 5.41) is 9.29. The number of nitriles is 1. The van der Waals surface area contributed by atoms with E-state index in [1.165, 1.54) is 0 Å². The third kappa shape index (κ3) is 3.31. The van der Waals surface area contributed by atoms with Gasteiger partial charge in [0.2, 0.25) is 0 Å². The Kier molecular flexibility index (Phi) is 4.17. The van der Waals surface area contributed by atoms with Crippen molar-refractivity contribution in [3.8, 4) is 11.8 Å². The lowest BCUT2D eigenvalue weighted by molar-refractivity contribution is 0.0224. The Morgan fingerprint density at radius 2 is 2.04 bits per heavy atom. The number of benzene rings is 1. The Labute approximate surface area is 147 Å². The normalized spacial score (nSPS) is 13.9. The van der Waals surface area contributed by atoms with E-state index in [2.05, 4.69) is 6.07 Å². The zero-order valence-corrected chi connectivity index (χ0v) is 14.7. The number of carbonyl (C=O) groups is 1. The molecule has 0 unspecified atom stereocenters. The Bertz CT molecular complexity index is 855. The molecule has 1 aliphatic heterocycles. The van der Waals surface area contributed by atoms with Gasteiger partial charge in [0.15, 0.2) is 0 Å². The van der Waals surface area contributed by atoms with Crippen LogP contribution in [0.1, 0.15) is 37.6 Å². The van der Waals surface area contributed by atoms with Crippen molar-refractivity contribution in [1.29, 1.82) is 5.26 Å². The van der Waals surface area contributed by atoms with E-state index in [9.17, 15) is 10.1 Å². The van der Waals surface area contributed by atoms with Crippen molar-refractivity contribution in [2.45, 2.75) is 39.3 Å². The fourth-order valence-electron chi connectivity index (χ4n) is 3.07. The molecule has 0 saturated carbocycles. The Balaban J connectivity index is 1.95. The molecule has 1 aliphatic rings. The summed E-state index contributed by atoms with van der Waals surface area (Å²) in [6, 6.07) is 9.57. The van der Waals surface area contributed by atoms with Crippen LogP contribution in [0.2, 0.25) is 0 Å². The summed E-state index contributed by atoms with van der Waals surface area (Å²) in [6.45, 7) is 6.52. The Morgan fingerprint density at radius 3 is 2.72 bits per heavy atom. The molecule has 0 saturated heterocycles. The number of nitrogens with zero attached hydrogens (tertiary/aromatic N) is 3. The van der Waals surface area contributed by atoms with Crippen LogP contribution < -0.4 is 5.73 Å². The summed E-state index contributed by atoms with van der Waals surface area (Å²) in [6.07, 6.45) is 2.20. The summed E-state index contributed by atoms with van der Waals surface area (Å²) >= 11 is 0. The van der Waals surface area contributed by atoms with E-state index in [0.717, 1.165) is 16.8 Å². The third-order valence-corrected chi connectivity index (χ3v) is 4.20. The number of amides is 1. The van der Waals surface area contributed by atoms with Gasteiger partial charge in [0.25, 0.3) is 0 Å². The number of hydrogen-bond acceptors (Lipinski definition) is 4. The van der Waals surface area contributed by atoms with Gasteiger partial charge in [-0.25, -0.2) is 4.79 Å². The molecule has 3 rings (SSSR count). The molecular formula is C19H22N4O2. The number of anilines is 1. The number of nitrogen functional groups attached to an aromatic ring is 1. The van der Waals surface area contributed by atoms with Crippen molar-refractivity contribution in [2.24, 2.45) is 0 Å². The number of hydrogen-bond donors (Lipinski definition) is 1. The molecule has 25 heavy (non-hydrogen) atoms. The third-order valence-electron chi connectivity index (χ3n) is 4.20. The minimum atomic E-state index is -0.530. The van der Waals surface area contributed by atoms with Gasteiger partial charge in [0.1, 0.15) is 17.4 Å². The predicted molar refractivity (Wildman–Crippen MR) is 95.2 cm³/mol. The van der Waals surface area contributed by atoms with E-state index in [0.29, 0.717) is 30.9 Å². The number of ether oxygens (including phenoxy) is 1. The first-order valence-corrected chi connectivity index (χ1v) is 8.26. The monoisotopic (exact) mass is 338 g/mol. The summed E-state index contributed by atoms with van der Waals surface area (Å²) in [5.74, 6) is 0. The van der Waals surface area contributed by atoms with Crippen LogP contribution >= 0.6 is 0 Å². The molecule has 0 aliphatic carbocycles. The molecule has 0 bridgehead atoms. The predicted octanol–water partition coefficient (Wildman–Crippen LogP) is 3.22. The van der Waals surface area contributed by atoms with Crippen molar-refractivity contribution >= 4 is 11.8 Å². The quantitative estimate of drug-likeness (QED) is 0.809. The molecule has 0 atom stereocenters. The smallest absolute Gasteiger partial charge is 0.410 e. The number of carbonyl (C=O) groups excluding carboxylic acids is 1. The number of aromatic nitrogens is 1. The molecular weight excluding hydrogens is 316 g/mol. The Hall–Kier alpha value is -2.94. The highest BCUT2D eigenvalue weighted by Crippen LogP contribution is 2.31. The van der Waals surface area contributed by atoms with Crippen LogP contribution in [-0.4, -0.2) is 27.7 Å². The van der Waals surface area contributed by atoms with E-state index in [1.807, 2.05) is 49.7 Å². The van der Waals surface area contributed by atoms with Gasteiger partial charge >= 0.3 is 6.09 Å². The summed E-state index contributed by atoms with van der Waals surface area (Å²) in [5.41, 5.74) is 9.80. The second kappa shape index (κ2) is 6.17. The van der Waals surface area contributed by atoms with Gasteiger partial charge in [0.05, 0.1) is 6.54 Å². The molecule has 0 spiro atoms. The van der Waals surface area contributed by atoms with E-state index in [-0.39, 0.29) is 6.09 Å². The molecule has 6 heteroatoms. The SMILES string of the molecule is CC(C)(C)OC(=O)N1CCc2c(-n3cccc3C#N)ccc(N)c2C1. The van der Waals surface area contributed by atoms with Gasteiger partial charge in [-0.1, -0.05) is 0 Å². The number of fused-ring (bicyclic) bond motifs is 1. The molecule has 6 nitrogen and oxygen atoms in total. The lowest BCUT2D eigenvalue weighted by atomic mass is 9.96. The highest BCUT2D eigenvalue weighted by atomic mass is 16.6. The van der Waals surface area contributed by atoms with E-state index < -0.39 is 5.60 Å². The molecule has 130 valence electrons. The summed E-state index contributed by atoms with van der Waals surface area (Å²) in [7, 11) is 0. The summed E-state index contributed by atoms with van der Waals surface area (Å²) in [4.78, 5) is 14.0. The van der Waals surface area contributed by atoms with E-state index >= 15 is 0 Å². The molecule has 1 aromatic carbocycles. The zero-order chi connectivity index (χ0) is 18.2. The molecule has 1 aromatic heterocycles. The summed E-state index contributed by atoms with van der Waals surface area (Å²) < 4.78 is 7.33. The van der Waals surface area contributed by atoms with Crippen molar-refractivity contribution in [3.63, 3.8) is 0 Å². The highest BCUT2D eigenvalue weighted by molar-refractivity contribution is 5.70. The van der Waals surface area contributed by atoms with Gasteiger partial charge in [-0.2, -0.15) is 5.26 Å². The average molecular weight is 338 g/mol. The standard InChI is InChI=1S/C19H22N4O2/c1-19(2,3)25-18(24)22-10-8-14-15(12-22)16(21)6-7-17(14)23-9-4-5-13(23)11-20/h4-7,9H,8,10,12,21H2,1-3H3. The van der Waals surface area contributed by atoms with E-state index in [1.54, 1.807) is 11.0 Å². The van der Waals surface area contributed by atoms with Crippen molar-refractivity contribution in [1.82, 2.24) is 9.47 Å². The van der Waals surface area contributed by atoms with Gasteiger partial charge in [0, 0.05) is 24.1 Å². The highest BCUT2D eigenvalue weighted by Gasteiger charge is 2.28. The molecule has 1 amide bonds. The molecule has 2 N–H and O–H groups in total. The van der Waals surface area contributed by atoms with Crippen LogP contribution in [0.4, 0.5) is 10.5 Å². The molecule has 0 radical (unpaired) electrons. The maximum Gasteiger partial charge on any atom is 0.410 e. The van der Waals surface area contributed by atoms with Gasteiger partial charge < -0.3 is 19.9 Å². The lowest BCUT2D eigenvalue weighted by Crippen LogP contribution is -2.40. The topological polar surface area (TPSA) is 84.3 Å². The van der Waals surface area contributed by atoms with Crippen molar-refractivity contribution < 1.29 is 9.53 Å². The maximum atomic E-state index is 12.4. The van der Waals surface area contributed by atoms with E-state index in [4.69, 9.17) is 10.5 Å². The molecule has 2 heterocycles. The van der Waals surface area contributed by atoms with Crippen LogP contribution in [0.3, 0.4) is 0 Å². The van der Waals surface area contributed by atoms with Crippen LogP contribution in [0.5, 0.6) is 0 Å². The maximum absolute atomic E-state index is 12.4. The zero-order valence-electron chi connectivity index (χ0n) is 14.7. The first-order chi connectivity index (χ1) is 11.8. The lowest BCUT2D eigenvalue weighted by Gasteiger charge is -2.32. The minimum absolute atomic E-state index is 0.332. The largest absolute Gasteiger partial charge is 0.444 e. The van der Waals surface area contributed by atoms with Crippen molar-refractivity contribution in [2.75, 3.05) is 12.3 Å². The Morgan fingerprint density at radius 1 is 1.28 bits per heavy atom. The molecule has 2 aromatic rings. The number of nitrogens with two attached hydrogens (primary N) is 1.